The lowest BCUT2D eigenvalue weighted by atomic mass is 10.1. The summed E-state index contributed by atoms with van der Waals surface area (Å²) in [5.74, 6) is -2.72. The molecule has 21 heavy (non-hydrogen) atoms. The van der Waals surface area contributed by atoms with E-state index in [0.717, 1.165) is 0 Å². The average molecular weight is 314 g/mol. The molecule has 0 saturated carbocycles. The maximum Gasteiger partial charge on any atom is 0.521 e. The number of likely N-dealkylation sites (tertiary alicyclic amines) is 1. The van der Waals surface area contributed by atoms with Crippen LogP contribution in [0.25, 0.3) is 0 Å². The molecule has 1 saturated heterocycles. The molecule has 0 spiro atoms. The molecule has 1 aromatic rings. The van der Waals surface area contributed by atoms with Gasteiger partial charge in [0.25, 0.3) is 0 Å². The lowest BCUT2D eigenvalue weighted by molar-refractivity contribution is -0.787. The average Bonchev–Trinajstić information content (AvgIpc) is 2.77. The first-order chi connectivity index (χ1) is 9.80. The number of carbonyl (C=O) groups is 3. The van der Waals surface area contributed by atoms with Crippen LogP contribution >= 0.6 is 11.6 Å². The number of halogens is 1. The zero-order valence-corrected chi connectivity index (χ0v) is 11.9. The number of hydrogen-bond acceptors (Lipinski definition) is 4. The smallest absolute Gasteiger partial charge is 0.481 e. The first-order valence-corrected chi connectivity index (χ1v) is 6.68. The summed E-state index contributed by atoms with van der Waals surface area (Å²) in [6, 6.07) is 2.21. The van der Waals surface area contributed by atoms with E-state index in [1.807, 2.05) is 0 Å². The first-order valence-electron chi connectivity index (χ1n) is 6.30. The predicted octanol–water partition coefficient (Wildman–Crippen LogP) is 1.86. The number of rotatable bonds is 2. The molecule has 0 aliphatic carbocycles. The SMILES string of the molecule is C[C@@H]1CC(C(=O)O)C[N+]1(C(=O)O)C(=O)c1cccnc1Cl. The molecule has 0 aromatic carbocycles. The third-order valence-corrected chi connectivity index (χ3v) is 4.23. The molecule has 1 aliphatic rings. The predicted molar refractivity (Wildman–Crippen MR) is 71.9 cm³/mol. The Morgan fingerprint density at radius 2 is 2.05 bits per heavy atom. The zero-order valence-electron chi connectivity index (χ0n) is 11.2. The largest absolute Gasteiger partial charge is 0.521 e. The molecule has 112 valence electrons. The molecule has 0 bridgehead atoms. The Kier molecular flexibility index (Phi) is 3.97. The summed E-state index contributed by atoms with van der Waals surface area (Å²) in [7, 11) is 0. The lowest BCUT2D eigenvalue weighted by Gasteiger charge is -2.29. The van der Waals surface area contributed by atoms with Gasteiger partial charge in [-0.25, -0.2) is 9.78 Å². The number of quaternary nitrogens is 1. The molecule has 8 heteroatoms. The van der Waals surface area contributed by atoms with E-state index in [-0.39, 0.29) is 23.7 Å². The Morgan fingerprint density at radius 3 is 2.52 bits per heavy atom. The van der Waals surface area contributed by atoms with Crippen molar-refractivity contribution in [3.05, 3.63) is 29.0 Å². The summed E-state index contributed by atoms with van der Waals surface area (Å²) in [4.78, 5) is 39.3. The summed E-state index contributed by atoms with van der Waals surface area (Å²) >= 11 is 5.86. The number of nitrogens with zero attached hydrogens (tertiary/aromatic N) is 2. The standard InChI is InChI=1S/C13H13ClN2O5/c1-7-5-8(12(18)19)6-16(7,13(20)21)11(17)9-3-2-4-15-10(9)14/h2-4,7-8H,5-6H2,1H3,(H-,18,19,20,21)/p+1/t7-,8?,16?/m1/s1. The molecule has 3 atom stereocenters. The van der Waals surface area contributed by atoms with Crippen molar-refractivity contribution in [1.82, 2.24) is 4.98 Å². The van der Waals surface area contributed by atoms with E-state index in [0.29, 0.717) is 0 Å². The molecule has 2 heterocycles. The molecule has 2 N–H and O–H groups in total. The number of amides is 2. The van der Waals surface area contributed by atoms with E-state index in [4.69, 9.17) is 16.7 Å². The molecular formula is C13H14ClN2O5+. The van der Waals surface area contributed by atoms with Gasteiger partial charge in [-0.15, -0.1) is 0 Å². The minimum absolute atomic E-state index is 0.0144. The van der Waals surface area contributed by atoms with Gasteiger partial charge < -0.3 is 10.2 Å². The van der Waals surface area contributed by atoms with Crippen LogP contribution in [0.15, 0.2) is 18.3 Å². The minimum Gasteiger partial charge on any atom is -0.481 e. The van der Waals surface area contributed by atoms with Crippen LogP contribution in [0.5, 0.6) is 0 Å². The number of carboxylic acid groups (broad SMARTS) is 2. The quantitative estimate of drug-likeness (QED) is 0.638. The second-order valence-electron chi connectivity index (χ2n) is 5.10. The summed E-state index contributed by atoms with van der Waals surface area (Å²) in [6.07, 6.45) is 0.124. The van der Waals surface area contributed by atoms with Gasteiger partial charge in [0.2, 0.25) is 0 Å². The zero-order chi connectivity index (χ0) is 15.8. The number of carboxylic acids is 1. The van der Waals surface area contributed by atoms with Gasteiger partial charge in [0.05, 0.1) is 0 Å². The van der Waals surface area contributed by atoms with Gasteiger partial charge in [-0.2, -0.15) is 9.28 Å². The third kappa shape index (κ3) is 2.38. The van der Waals surface area contributed by atoms with Crippen molar-refractivity contribution in [2.45, 2.75) is 19.4 Å². The maximum atomic E-state index is 12.7. The number of carbonyl (C=O) groups excluding carboxylic acids is 1. The molecule has 1 fully saturated rings. The van der Waals surface area contributed by atoms with Gasteiger partial charge in [0.15, 0.2) is 0 Å². The number of imide groups is 1. The molecular weight excluding hydrogens is 300 g/mol. The molecule has 7 nitrogen and oxygen atoms in total. The fourth-order valence-corrected chi connectivity index (χ4v) is 2.97. The van der Waals surface area contributed by atoms with E-state index in [9.17, 15) is 19.5 Å². The van der Waals surface area contributed by atoms with Crippen molar-refractivity contribution in [1.29, 1.82) is 0 Å². The van der Waals surface area contributed by atoms with Crippen LogP contribution in [-0.4, -0.2) is 50.2 Å². The third-order valence-electron chi connectivity index (χ3n) is 3.93. The molecule has 2 rings (SSSR count). The monoisotopic (exact) mass is 313 g/mol. The van der Waals surface area contributed by atoms with Crippen LogP contribution in [0, 0.1) is 5.92 Å². The Bertz CT molecular complexity index is 620. The van der Waals surface area contributed by atoms with Crippen LogP contribution < -0.4 is 0 Å². The van der Waals surface area contributed by atoms with E-state index < -0.39 is 34.4 Å². The highest BCUT2D eigenvalue weighted by atomic mass is 35.5. The topological polar surface area (TPSA) is 105 Å². The summed E-state index contributed by atoms with van der Waals surface area (Å²) in [5.41, 5.74) is -0.0144. The van der Waals surface area contributed by atoms with Crippen molar-refractivity contribution in [3.8, 4) is 0 Å². The van der Waals surface area contributed by atoms with E-state index >= 15 is 0 Å². The number of aromatic nitrogens is 1. The number of pyridine rings is 1. The fraction of sp³-hybridized carbons (Fsp3) is 0.385. The van der Waals surface area contributed by atoms with Crippen molar-refractivity contribution < 1.29 is 29.1 Å². The highest BCUT2D eigenvalue weighted by Gasteiger charge is 2.58. The van der Waals surface area contributed by atoms with Gasteiger partial charge in [0, 0.05) is 12.6 Å². The summed E-state index contributed by atoms with van der Waals surface area (Å²) in [6.45, 7) is 1.26. The van der Waals surface area contributed by atoms with Gasteiger partial charge in [-0.05, 0) is 19.1 Å². The summed E-state index contributed by atoms with van der Waals surface area (Å²) < 4.78 is -0.970. The van der Waals surface area contributed by atoms with Gasteiger partial charge in [-0.1, -0.05) is 11.6 Å². The normalized spacial score (nSPS) is 28.3. The van der Waals surface area contributed by atoms with Crippen molar-refractivity contribution >= 4 is 29.6 Å². The molecule has 2 unspecified atom stereocenters. The van der Waals surface area contributed by atoms with Gasteiger partial charge in [0.1, 0.15) is 29.2 Å². The Labute approximate surface area is 125 Å². The second-order valence-corrected chi connectivity index (χ2v) is 5.46. The lowest BCUT2D eigenvalue weighted by Crippen LogP contribution is -2.59. The van der Waals surface area contributed by atoms with Crippen molar-refractivity contribution in [2.75, 3.05) is 6.54 Å². The molecule has 1 aliphatic heterocycles. The number of aliphatic carboxylic acids is 1. The van der Waals surface area contributed by atoms with E-state index in [1.54, 1.807) is 6.92 Å². The maximum absolute atomic E-state index is 12.7. The van der Waals surface area contributed by atoms with Gasteiger partial charge >= 0.3 is 18.0 Å². The van der Waals surface area contributed by atoms with Crippen molar-refractivity contribution in [3.63, 3.8) is 0 Å². The van der Waals surface area contributed by atoms with Crippen LogP contribution in [0.3, 0.4) is 0 Å². The Hall–Kier alpha value is -1.99. The molecule has 2 amide bonds. The van der Waals surface area contributed by atoms with Crippen molar-refractivity contribution in [2.24, 2.45) is 5.92 Å². The van der Waals surface area contributed by atoms with Crippen LogP contribution in [0.1, 0.15) is 23.7 Å². The van der Waals surface area contributed by atoms with Crippen LogP contribution in [0.2, 0.25) is 5.15 Å². The van der Waals surface area contributed by atoms with Gasteiger partial charge in [-0.3, -0.25) is 4.79 Å². The van der Waals surface area contributed by atoms with Crippen LogP contribution in [-0.2, 0) is 4.79 Å². The Morgan fingerprint density at radius 1 is 1.38 bits per heavy atom. The van der Waals surface area contributed by atoms with E-state index in [1.165, 1.54) is 18.3 Å². The Balaban J connectivity index is 2.50. The molecule has 1 aromatic heterocycles. The second kappa shape index (κ2) is 5.42. The highest BCUT2D eigenvalue weighted by Crippen LogP contribution is 2.35. The minimum atomic E-state index is -1.38. The summed E-state index contributed by atoms with van der Waals surface area (Å²) in [5, 5.41) is 18.6. The first kappa shape index (κ1) is 15.4. The number of hydrogen-bond donors (Lipinski definition) is 2. The fourth-order valence-electron chi connectivity index (χ4n) is 2.77. The van der Waals surface area contributed by atoms with Crippen LogP contribution in [0.4, 0.5) is 4.79 Å². The van der Waals surface area contributed by atoms with E-state index in [2.05, 4.69) is 4.98 Å². The highest BCUT2D eigenvalue weighted by molar-refractivity contribution is 6.32. The molecule has 0 radical (unpaired) electrons.